The van der Waals surface area contributed by atoms with Crippen molar-refractivity contribution in [2.24, 2.45) is 0 Å². The summed E-state index contributed by atoms with van der Waals surface area (Å²) >= 11 is 0. The van der Waals surface area contributed by atoms with E-state index < -0.39 is 11.7 Å². The molecule has 0 amide bonds. The van der Waals surface area contributed by atoms with Gasteiger partial charge in [0.2, 0.25) is 5.95 Å². The Morgan fingerprint density at radius 3 is 2.39 bits per heavy atom. The molecule has 0 saturated heterocycles. The first-order chi connectivity index (χ1) is 14.9. The number of hydrogen-bond acceptors (Lipinski definition) is 7. The standard InChI is InChI=1S/C22H22N6O3/c1-4-31-17(29)12-27-22(30)28-20(26-27)18(16-10-13(2)24-14(3)11-16)19(25-21(28)23)15-8-6-5-7-9-15/h5-11H,4,12H2,1-3H3,(H2,23,25). The zero-order valence-corrected chi connectivity index (χ0v) is 17.5. The van der Waals surface area contributed by atoms with E-state index in [1.54, 1.807) is 6.92 Å². The maximum Gasteiger partial charge on any atom is 0.353 e. The first-order valence-corrected chi connectivity index (χ1v) is 9.84. The van der Waals surface area contributed by atoms with Crippen LogP contribution in [0, 0.1) is 13.8 Å². The first-order valence-electron chi connectivity index (χ1n) is 9.84. The third kappa shape index (κ3) is 3.77. The second kappa shape index (κ2) is 8.02. The zero-order valence-electron chi connectivity index (χ0n) is 17.5. The van der Waals surface area contributed by atoms with Crippen LogP contribution in [0.1, 0.15) is 18.3 Å². The van der Waals surface area contributed by atoms with Gasteiger partial charge < -0.3 is 10.5 Å². The summed E-state index contributed by atoms with van der Waals surface area (Å²) in [5.41, 5.74) is 10.4. The van der Waals surface area contributed by atoms with E-state index >= 15 is 0 Å². The Labute approximate surface area is 178 Å². The molecule has 0 aliphatic heterocycles. The normalized spacial score (nSPS) is 11.1. The minimum absolute atomic E-state index is 0.0137. The van der Waals surface area contributed by atoms with Gasteiger partial charge in [-0.15, -0.1) is 5.10 Å². The van der Waals surface area contributed by atoms with E-state index in [2.05, 4.69) is 15.1 Å². The van der Waals surface area contributed by atoms with Crippen LogP contribution in [0.3, 0.4) is 0 Å². The van der Waals surface area contributed by atoms with Gasteiger partial charge in [0.1, 0.15) is 6.54 Å². The van der Waals surface area contributed by atoms with Crippen LogP contribution >= 0.6 is 0 Å². The number of rotatable bonds is 5. The highest BCUT2D eigenvalue weighted by atomic mass is 16.5. The van der Waals surface area contributed by atoms with E-state index in [9.17, 15) is 9.59 Å². The molecule has 9 heteroatoms. The van der Waals surface area contributed by atoms with Gasteiger partial charge >= 0.3 is 11.7 Å². The van der Waals surface area contributed by atoms with Crippen LogP contribution < -0.4 is 11.4 Å². The van der Waals surface area contributed by atoms with Gasteiger partial charge in [0.05, 0.1) is 17.9 Å². The van der Waals surface area contributed by atoms with Crippen molar-refractivity contribution in [3.05, 3.63) is 64.3 Å². The molecule has 1 aromatic carbocycles. The predicted octanol–water partition coefficient (Wildman–Crippen LogP) is 2.38. The minimum atomic E-state index is -0.559. The summed E-state index contributed by atoms with van der Waals surface area (Å²) in [6.45, 7) is 5.38. The second-order valence-corrected chi connectivity index (χ2v) is 7.10. The lowest BCUT2D eigenvalue weighted by Crippen LogP contribution is -2.27. The Hall–Kier alpha value is -4.01. The van der Waals surface area contributed by atoms with E-state index in [1.165, 1.54) is 4.40 Å². The number of esters is 1. The topological polar surface area (TPSA) is 117 Å². The monoisotopic (exact) mass is 418 g/mol. The van der Waals surface area contributed by atoms with E-state index in [0.717, 1.165) is 27.2 Å². The number of hydrogen-bond donors (Lipinski definition) is 1. The van der Waals surface area contributed by atoms with Crippen LogP contribution in [0.4, 0.5) is 5.95 Å². The molecule has 4 rings (SSSR count). The fraction of sp³-hybridized carbons (Fsp3) is 0.227. The average Bonchev–Trinajstić information content (AvgIpc) is 3.04. The number of ether oxygens (including phenoxy) is 1. The summed E-state index contributed by atoms with van der Waals surface area (Å²) in [7, 11) is 0. The fourth-order valence-corrected chi connectivity index (χ4v) is 3.58. The number of benzene rings is 1. The Bertz CT molecular complexity index is 1320. The predicted molar refractivity (Wildman–Crippen MR) is 116 cm³/mol. The fourth-order valence-electron chi connectivity index (χ4n) is 3.58. The molecule has 2 N–H and O–H groups in total. The van der Waals surface area contributed by atoms with Gasteiger partial charge in [0.15, 0.2) is 5.65 Å². The van der Waals surface area contributed by atoms with Crippen molar-refractivity contribution >= 4 is 17.6 Å². The number of nitrogens with two attached hydrogens (primary N) is 1. The second-order valence-electron chi connectivity index (χ2n) is 7.10. The largest absolute Gasteiger partial charge is 0.465 e. The molecule has 0 aliphatic rings. The molecule has 158 valence electrons. The van der Waals surface area contributed by atoms with Gasteiger partial charge in [-0.1, -0.05) is 30.3 Å². The first kappa shape index (κ1) is 20.3. The summed E-state index contributed by atoms with van der Waals surface area (Å²) in [5, 5.41) is 4.44. The van der Waals surface area contributed by atoms with Crippen molar-refractivity contribution < 1.29 is 9.53 Å². The van der Waals surface area contributed by atoms with Crippen LogP contribution in [-0.4, -0.2) is 36.7 Å². The van der Waals surface area contributed by atoms with Gasteiger partial charge in [0, 0.05) is 17.0 Å². The Kier molecular flexibility index (Phi) is 5.24. The highest BCUT2D eigenvalue weighted by molar-refractivity contribution is 5.90. The van der Waals surface area contributed by atoms with Gasteiger partial charge in [-0.25, -0.2) is 18.9 Å². The molecule has 3 aromatic heterocycles. The number of carbonyl (C=O) groups excluding carboxylic acids is 1. The molecule has 3 heterocycles. The van der Waals surface area contributed by atoms with Crippen molar-refractivity contribution in [2.45, 2.75) is 27.3 Å². The summed E-state index contributed by atoms with van der Waals surface area (Å²) in [5.74, 6) is -0.569. The highest BCUT2D eigenvalue weighted by Crippen LogP contribution is 2.34. The van der Waals surface area contributed by atoms with Gasteiger partial charge in [-0.3, -0.25) is 9.78 Å². The molecule has 0 radical (unpaired) electrons. The van der Waals surface area contributed by atoms with Crippen molar-refractivity contribution in [3.63, 3.8) is 0 Å². The minimum Gasteiger partial charge on any atom is -0.465 e. The Morgan fingerprint density at radius 2 is 1.74 bits per heavy atom. The highest BCUT2D eigenvalue weighted by Gasteiger charge is 2.22. The SMILES string of the molecule is CCOC(=O)Cn1nc2c(-c3cc(C)nc(C)c3)c(-c3ccccc3)nc(N)n2c1=O. The molecule has 31 heavy (non-hydrogen) atoms. The van der Waals surface area contributed by atoms with Crippen LogP contribution in [0.15, 0.2) is 47.3 Å². The lowest BCUT2D eigenvalue weighted by molar-refractivity contribution is -0.144. The van der Waals surface area contributed by atoms with Crippen LogP contribution in [-0.2, 0) is 16.1 Å². The summed E-state index contributed by atoms with van der Waals surface area (Å²) in [6.07, 6.45) is 0. The molecular weight excluding hydrogens is 396 g/mol. The molecule has 0 saturated carbocycles. The summed E-state index contributed by atoms with van der Waals surface area (Å²) in [4.78, 5) is 33.9. The number of nitrogen functional groups attached to an aromatic ring is 1. The maximum absolute atomic E-state index is 13.0. The Morgan fingerprint density at radius 1 is 1.06 bits per heavy atom. The van der Waals surface area contributed by atoms with Gasteiger partial charge in [0.25, 0.3) is 0 Å². The lowest BCUT2D eigenvalue weighted by atomic mass is 9.99. The molecule has 0 unspecified atom stereocenters. The smallest absolute Gasteiger partial charge is 0.353 e. The van der Waals surface area contributed by atoms with Gasteiger partial charge in [-0.05, 0) is 38.5 Å². The number of aryl methyl sites for hydroxylation is 2. The van der Waals surface area contributed by atoms with Crippen LogP contribution in [0.2, 0.25) is 0 Å². The number of fused-ring (bicyclic) bond motifs is 1. The molecule has 9 nitrogen and oxygen atoms in total. The van der Waals surface area contributed by atoms with E-state index in [0.29, 0.717) is 16.9 Å². The quantitative estimate of drug-likeness (QED) is 0.495. The van der Waals surface area contributed by atoms with Crippen molar-refractivity contribution in [1.82, 2.24) is 24.1 Å². The third-order valence-corrected chi connectivity index (χ3v) is 4.76. The van der Waals surface area contributed by atoms with E-state index in [1.807, 2.05) is 56.3 Å². The number of anilines is 1. The van der Waals surface area contributed by atoms with Crippen molar-refractivity contribution in [1.29, 1.82) is 0 Å². The molecule has 0 aliphatic carbocycles. The van der Waals surface area contributed by atoms with Crippen molar-refractivity contribution in [2.75, 3.05) is 12.3 Å². The Balaban J connectivity index is 2.06. The van der Waals surface area contributed by atoms with Gasteiger partial charge in [-0.2, -0.15) is 0 Å². The van der Waals surface area contributed by atoms with Crippen LogP contribution in [0.5, 0.6) is 0 Å². The molecule has 0 atom stereocenters. The number of pyridine rings is 1. The summed E-state index contributed by atoms with van der Waals surface area (Å²) in [6, 6.07) is 13.3. The molecule has 0 bridgehead atoms. The number of nitrogens with zero attached hydrogens (tertiary/aromatic N) is 5. The van der Waals surface area contributed by atoms with Crippen molar-refractivity contribution in [3.8, 4) is 22.4 Å². The maximum atomic E-state index is 13.0. The summed E-state index contributed by atoms with van der Waals surface area (Å²) < 4.78 is 7.22. The number of carbonyl (C=O) groups is 1. The zero-order chi connectivity index (χ0) is 22.1. The third-order valence-electron chi connectivity index (χ3n) is 4.76. The van der Waals surface area contributed by atoms with E-state index in [-0.39, 0.29) is 19.1 Å². The molecular formula is C22H22N6O3. The number of aromatic nitrogens is 5. The van der Waals surface area contributed by atoms with E-state index in [4.69, 9.17) is 10.5 Å². The molecule has 0 spiro atoms. The van der Waals surface area contributed by atoms with Crippen LogP contribution in [0.25, 0.3) is 28.0 Å². The average molecular weight is 418 g/mol. The lowest BCUT2D eigenvalue weighted by Gasteiger charge is -2.13. The molecule has 4 aromatic rings. The molecule has 0 fully saturated rings.